The number of fused-ring (bicyclic) bond motifs is 3. The SMILES string of the molecule is O=[N+]([O-])c1c(O)c2ncccc2c2ncccc12. The Labute approximate surface area is 101 Å². The molecule has 1 aromatic carbocycles. The highest BCUT2D eigenvalue weighted by atomic mass is 16.6. The third-order valence-corrected chi connectivity index (χ3v) is 2.76. The molecule has 0 aliphatic rings. The number of hydrogen-bond donors (Lipinski definition) is 1. The molecule has 2 aromatic heterocycles. The maximum atomic E-state index is 11.1. The summed E-state index contributed by atoms with van der Waals surface area (Å²) in [5, 5.41) is 22.0. The predicted octanol–water partition coefficient (Wildman–Crippen LogP) is 2.40. The van der Waals surface area contributed by atoms with E-state index in [1.807, 2.05) is 0 Å². The van der Waals surface area contributed by atoms with E-state index < -0.39 is 10.7 Å². The van der Waals surface area contributed by atoms with E-state index in [0.717, 1.165) is 0 Å². The Bertz CT molecular complexity index is 786. The molecule has 88 valence electrons. The van der Waals surface area contributed by atoms with Gasteiger partial charge >= 0.3 is 5.69 Å². The summed E-state index contributed by atoms with van der Waals surface area (Å²) < 4.78 is 0. The second kappa shape index (κ2) is 3.63. The van der Waals surface area contributed by atoms with E-state index in [4.69, 9.17) is 0 Å². The molecule has 1 N–H and O–H groups in total. The van der Waals surface area contributed by atoms with E-state index in [1.165, 1.54) is 6.20 Å². The van der Waals surface area contributed by atoms with Gasteiger partial charge in [-0.2, -0.15) is 0 Å². The molecular weight excluding hydrogens is 234 g/mol. The molecule has 6 heteroatoms. The van der Waals surface area contributed by atoms with Crippen LogP contribution < -0.4 is 0 Å². The Balaban J connectivity index is 2.66. The number of phenolic OH excluding ortho intramolecular Hbond substituents is 1. The lowest BCUT2D eigenvalue weighted by Crippen LogP contribution is -1.94. The zero-order valence-corrected chi connectivity index (χ0v) is 9.07. The number of phenols is 1. The van der Waals surface area contributed by atoms with E-state index in [1.54, 1.807) is 30.5 Å². The maximum absolute atomic E-state index is 11.1. The van der Waals surface area contributed by atoms with Gasteiger partial charge in [0.25, 0.3) is 0 Å². The fraction of sp³-hybridized carbons (Fsp3) is 0. The molecule has 3 rings (SSSR count). The van der Waals surface area contributed by atoms with Gasteiger partial charge in [-0.3, -0.25) is 20.1 Å². The molecule has 0 bridgehead atoms. The van der Waals surface area contributed by atoms with Crippen LogP contribution in [-0.2, 0) is 0 Å². The van der Waals surface area contributed by atoms with Gasteiger partial charge in [0.05, 0.1) is 15.8 Å². The minimum atomic E-state index is -0.618. The van der Waals surface area contributed by atoms with Crippen LogP contribution in [0.5, 0.6) is 5.75 Å². The van der Waals surface area contributed by atoms with Crippen molar-refractivity contribution in [2.24, 2.45) is 0 Å². The summed E-state index contributed by atoms with van der Waals surface area (Å²) >= 11 is 0. The molecule has 18 heavy (non-hydrogen) atoms. The van der Waals surface area contributed by atoms with Crippen molar-refractivity contribution in [1.29, 1.82) is 0 Å². The highest BCUT2D eigenvalue weighted by Crippen LogP contribution is 2.40. The number of nitro benzene ring substituents is 1. The molecule has 0 aliphatic carbocycles. The summed E-state index contributed by atoms with van der Waals surface area (Å²) in [6, 6.07) is 6.58. The van der Waals surface area contributed by atoms with Crippen LogP contribution in [0.2, 0.25) is 0 Å². The van der Waals surface area contributed by atoms with Crippen LogP contribution in [0, 0.1) is 10.1 Å². The Morgan fingerprint density at radius 1 is 1.06 bits per heavy atom. The van der Waals surface area contributed by atoms with Crippen LogP contribution in [-0.4, -0.2) is 20.0 Å². The topological polar surface area (TPSA) is 89.2 Å². The van der Waals surface area contributed by atoms with Crippen molar-refractivity contribution in [3.05, 3.63) is 46.8 Å². The Kier molecular flexibility index (Phi) is 2.09. The first-order valence-electron chi connectivity index (χ1n) is 5.19. The van der Waals surface area contributed by atoms with Crippen LogP contribution in [0.3, 0.4) is 0 Å². The number of hydrogen-bond acceptors (Lipinski definition) is 5. The van der Waals surface area contributed by atoms with Crippen molar-refractivity contribution in [2.75, 3.05) is 0 Å². The number of pyridine rings is 2. The molecule has 0 radical (unpaired) electrons. The van der Waals surface area contributed by atoms with E-state index >= 15 is 0 Å². The Hall–Kier alpha value is -2.76. The fourth-order valence-electron chi connectivity index (χ4n) is 2.02. The second-order valence-corrected chi connectivity index (χ2v) is 3.75. The van der Waals surface area contributed by atoms with Gasteiger partial charge in [-0.25, -0.2) is 0 Å². The van der Waals surface area contributed by atoms with E-state index in [0.29, 0.717) is 16.3 Å². The smallest absolute Gasteiger partial charge is 0.322 e. The lowest BCUT2D eigenvalue weighted by molar-refractivity contribution is -0.383. The monoisotopic (exact) mass is 241 g/mol. The number of aromatic hydroxyl groups is 1. The molecule has 0 fully saturated rings. The van der Waals surface area contributed by atoms with Crippen LogP contribution in [0.4, 0.5) is 5.69 Å². The van der Waals surface area contributed by atoms with Gasteiger partial charge in [0, 0.05) is 17.8 Å². The van der Waals surface area contributed by atoms with Gasteiger partial charge in [-0.1, -0.05) is 0 Å². The first-order valence-corrected chi connectivity index (χ1v) is 5.19. The molecule has 0 saturated carbocycles. The normalized spacial score (nSPS) is 10.9. The number of nitro groups is 1. The average Bonchev–Trinajstić information content (AvgIpc) is 2.39. The van der Waals surface area contributed by atoms with Gasteiger partial charge < -0.3 is 5.11 Å². The van der Waals surface area contributed by atoms with Gasteiger partial charge in [0.2, 0.25) is 5.75 Å². The summed E-state index contributed by atoms with van der Waals surface area (Å²) in [6.07, 6.45) is 3.02. The molecule has 6 nitrogen and oxygen atoms in total. The van der Waals surface area contributed by atoms with Crippen molar-refractivity contribution >= 4 is 27.5 Å². The van der Waals surface area contributed by atoms with Gasteiger partial charge in [-0.05, 0) is 24.3 Å². The van der Waals surface area contributed by atoms with Crippen molar-refractivity contribution in [1.82, 2.24) is 9.97 Å². The zero-order chi connectivity index (χ0) is 12.7. The summed E-state index contributed by atoms with van der Waals surface area (Å²) in [5.74, 6) is -0.420. The minimum Gasteiger partial charge on any atom is -0.501 e. The largest absolute Gasteiger partial charge is 0.501 e. The van der Waals surface area contributed by atoms with Crippen molar-refractivity contribution in [3.63, 3.8) is 0 Å². The molecule has 3 aromatic rings. The summed E-state index contributed by atoms with van der Waals surface area (Å²) in [7, 11) is 0. The van der Waals surface area contributed by atoms with Gasteiger partial charge in [0.1, 0.15) is 5.52 Å². The second-order valence-electron chi connectivity index (χ2n) is 3.75. The van der Waals surface area contributed by atoms with Crippen LogP contribution >= 0.6 is 0 Å². The fourth-order valence-corrected chi connectivity index (χ4v) is 2.02. The molecule has 0 atom stereocenters. The van der Waals surface area contributed by atoms with E-state index in [-0.39, 0.29) is 11.2 Å². The molecule has 0 spiro atoms. The number of benzene rings is 1. The van der Waals surface area contributed by atoms with Crippen LogP contribution in [0.15, 0.2) is 36.7 Å². The highest BCUT2D eigenvalue weighted by molar-refractivity contribution is 6.11. The first-order chi connectivity index (χ1) is 8.70. The highest BCUT2D eigenvalue weighted by Gasteiger charge is 2.23. The molecule has 0 aliphatic heterocycles. The van der Waals surface area contributed by atoms with Gasteiger partial charge in [-0.15, -0.1) is 0 Å². The average molecular weight is 241 g/mol. The zero-order valence-electron chi connectivity index (χ0n) is 9.07. The van der Waals surface area contributed by atoms with Crippen molar-refractivity contribution in [2.45, 2.75) is 0 Å². The van der Waals surface area contributed by atoms with Crippen molar-refractivity contribution < 1.29 is 10.0 Å². The summed E-state index contributed by atoms with van der Waals surface area (Å²) in [6.45, 7) is 0. The van der Waals surface area contributed by atoms with E-state index in [9.17, 15) is 15.2 Å². The lowest BCUT2D eigenvalue weighted by atomic mass is 10.1. The molecule has 0 amide bonds. The van der Waals surface area contributed by atoms with Gasteiger partial charge in [0.15, 0.2) is 0 Å². The summed E-state index contributed by atoms with van der Waals surface area (Å²) in [5.41, 5.74) is 0.296. The van der Waals surface area contributed by atoms with E-state index in [2.05, 4.69) is 9.97 Å². The van der Waals surface area contributed by atoms with Crippen LogP contribution in [0.25, 0.3) is 21.8 Å². The third kappa shape index (κ3) is 1.29. The van der Waals surface area contributed by atoms with Crippen LogP contribution in [0.1, 0.15) is 0 Å². The quantitative estimate of drug-likeness (QED) is 0.401. The molecule has 0 saturated heterocycles. The maximum Gasteiger partial charge on any atom is 0.322 e. The number of rotatable bonds is 1. The Morgan fingerprint density at radius 3 is 2.33 bits per heavy atom. The molecule has 2 heterocycles. The lowest BCUT2D eigenvalue weighted by Gasteiger charge is -2.05. The number of nitrogens with zero attached hydrogens (tertiary/aromatic N) is 3. The standard InChI is InChI=1S/C12H7N3O3/c16-12-10-7(3-1-6-14-10)9-8(4-2-5-13-9)11(12)15(17)18/h1-6,16H. The molecule has 0 unspecified atom stereocenters. The third-order valence-electron chi connectivity index (χ3n) is 2.76. The Morgan fingerprint density at radius 2 is 1.67 bits per heavy atom. The molecular formula is C12H7N3O3. The predicted molar refractivity (Wildman–Crippen MR) is 65.4 cm³/mol. The summed E-state index contributed by atoms with van der Waals surface area (Å²) in [4.78, 5) is 18.6. The number of aromatic nitrogens is 2. The van der Waals surface area contributed by atoms with Crippen molar-refractivity contribution in [3.8, 4) is 5.75 Å². The minimum absolute atomic E-state index is 0.190. The first kappa shape index (κ1) is 10.4.